The molecule has 1 rings (SSSR count). The molecule has 1 aromatic rings. The molecule has 5 heteroatoms. The topological polar surface area (TPSA) is 104 Å². The molecular formula is C10H13NO4. The van der Waals surface area contributed by atoms with Crippen LogP contribution in [0.4, 0.5) is 0 Å². The van der Waals surface area contributed by atoms with Crippen LogP contribution in [0, 0.1) is 0 Å². The first-order valence-electron chi connectivity index (χ1n) is 4.39. The molecule has 82 valence electrons. The first-order chi connectivity index (χ1) is 6.98. The Hall–Kier alpha value is -1.59. The van der Waals surface area contributed by atoms with Crippen LogP contribution in [-0.2, 0) is 11.2 Å². The largest absolute Gasteiger partial charge is 0.508 e. The summed E-state index contributed by atoms with van der Waals surface area (Å²) in [6.45, 7) is -0.636. The maximum absolute atomic E-state index is 10.8. The van der Waals surface area contributed by atoms with Gasteiger partial charge in [-0.15, -0.1) is 0 Å². The van der Waals surface area contributed by atoms with E-state index in [1.165, 1.54) is 12.1 Å². The van der Waals surface area contributed by atoms with Crippen LogP contribution in [0.15, 0.2) is 24.3 Å². The lowest BCUT2D eigenvalue weighted by Gasteiger charge is -2.21. The highest BCUT2D eigenvalue weighted by Gasteiger charge is 2.33. The van der Waals surface area contributed by atoms with Gasteiger partial charge in [0.1, 0.15) is 11.3 Å². The zero-order chi connectivity index (χ0) is 11.5. The predicted molar refractivity (Wildman–Crippen MR) is 53.5 cm³/mol. The van der Waals surface area contributed by atoms with Crippen molar-refractivity contribution in [2.24, 2.45) is 5.73 Å². The van der Waals surface area contributed by atoms with E-state index in [1.54, 1.807) is 12.1 Å². The normalized spacial score (nSPS) is 14.5. The molecule has 0 saturated heterocycles. The van der Waals surface area contributed by atoms with E-state index in [0.717, 1.165) is 0 Å². The fourth-order valence-corrected chi connectivity index (χ4v) is 1.18. The summed E-state index contributed by atoms with van der Waals surface area (Å²) in [5, 5.41) is 26.8. The molecule has 0 radical (unpaired) electrons. The molecule has 0 unspecified atom stereocenters. The highest BCUT2D eigenvalue weighted by molar-refractivity contribution is 5.79. The average molecular weight is 211 g/mol. The van der Waals surface area contributed by atoms with Gasteiger partial charge in [-0.25, -0.2) is 0 Å². The Morgan fingerprint density at radius 3 is 2.27 bits per heavy atom. The van der Waals surface area contributed by atoms with E-state index in [1.807, 2.05) is 0 Å². The van der Waals surface area contributed by atoms with Crippen LogP contribution in [0.2, 0.25) is 0 Å². The van der Waals surface area contributed by atoms with E-state index in [2.05, 4.69) is 0 Å². The molecular weight excluding hydrogens is 198 g/mol. The number of phenols is 1. The molecule has 0 aromatic heterocycles. The van der Waals surface area contributed by atoms with Crippen molar-refractivity contribution in [2.75, 3.05) is 6.61 Å². The second-order valence-electron chi connectivity index (χ2n) is 3.46. The van der Waals surface area contributed by atoms with Crippen LogP contribution in [-0.4, -0.2) is 33.4 Å². The molecule has 0 aliphatic rings. The monoisotopic (exact) mass is 211 g/mol. The van der Waals surface area contributed by atoms with Gasteiger partial charge in [-0.2, -0.15) is 0 Å². The van der Waals surface area contributed by atoms with Crippen molar-refractivity contribution in [1.29, 1.82) is 0 Å². The second-order valence-corrected chi connectivity index (χ2v) is 3.46. The van der Waals surface area contributed by atoms with Crippen LogP contribution in [0.5, 0.6) is 5.75 Å². The fourth-order valence-electron chi connectivity index (χ4n) is 1.18. The minimum atomic E-state index is -1.67. The number of hydrogen-bond acceptors (Lipinski definition) is 4. The third-order valence-electron chi connectivity index (χ3n) is 2.16. The number of rotatable bonds is 4. The molecule has 0 aliphatic carbocycles. The number of phenolic OH excluding ortho intramolecular Hbond substituents is 1. The van der Waals surface area contributed by atoms with Gasteiger partial charge in [0, 0.05) is 6.42 Å². The van der Waals surface area contributed by atoms with Crippen molar-refractivity contribution in [3.8, 4) is 5.75 Å². The van der Waals surface area contributed by atoms with E-state index in [-0.39, 0.29) is 12.2 Å². The zero-order valence-corrected chi connectivity index (χ0v) is 8.05. The number of benzene rings is 1. The van der Waals surface area contributed by atoms with E-state index < -0.39 is 18.1 Å². The molecule has 5 N–H and O–H groups in total. The van der Waals surface area contributed by atoms with Gasteiger partial charge < -0.3 is 21.1 Å². The van der Waals surface area contributed by atoms with Crippen molar-refractivity contribution in [3.63, 3.8) is 0 Å². The van der Waals surface area contributed by atoms with Crippen LogP contribution in [0.3, 0.4) is 0 Å². The van der Waals surface area contributed by atoms with Gasteiger partial charge >= 0.3 is 5.97 Å². The van der Waals surface area contributed by atoms with E-state index >= 15 is 0 Å². The number of carboxylic acids is 1. The summed E-state index contributed by atoms with van der Waals surface area (Å²) in [4.78, 5) is 10.8. The number of nitrogens with two attached hydrogens (primary N) is 1. The van der Waals surface area contributed by atoms with E-state index in [0.29, 0.717) is 5.56 Å². The number of aliphatic hydroxyl groups is 1. The third kappa shape index (κ3) is 2.68. The quantitative estimate of drug-likeness (QED) is 0.548. The molecule has 0 aliphatic heterocycles. The number of aromatic hydroxyl groups is 1. The molecule has 5 nitrogen and oxygen atoms in total. The first kappa shape index (κ1) is 11.5. The molecule has 1 atom stereocenters. The Morgan fingerprint density at radius 1 is 1.33 bits per heavy atom. The average Bonchev–Trinajstić information content (AvgIpc) is 2.21. The lowest BCUT2D eigenvalue weighted by Crippen LogP contribution is -2.53. The van der Waals surface area contributed by atoms with Crippen molar-refractivity contribution < 1.29 is 20.1 Å². The molecule has 0 bridgehead atoms. The molecule has 15 heavy (non-hydrogen) atoms. The van der Waals surface area contributed by atoms with Gasteiger partial charge in [-0.1, -0.05) is 12.1 Å². The molecule has 0 spiro atoms. The van der Waals surface area contributed by atoms with Crippen molar-refractivity contribution in [3.05, 3.63) is 29.8 Å². The smallest absolute Gasteiger partial charge is 0.326 e. The van der Waals surface area contributed by atoms with Crippen molar-refractivity contribution >= 4 is 5.97 Å². The van der Waals surface area contributed by atoms with Crippen molar-refractivity contribution in [1.82, 2.24) is 0 Å². The number of aliphatic hydroxyl groups excluding tert-OH is 1. The number of aliphatic carboxylic acids is 1. The number of carbonyl (C=O) groups is 1. The molecule has 0 saturated carbocycles. The van der Waals surface area contributed by atoms with E-state index in [4.69, 9.17) is 21.1 Å². The van der Waals surface area contributed by atoms with Crippen LogP contribution in [0.25, 0.3) is 0 Å². The lowest BCUT2D eigenvalue weighted by molar-refractivity contribution is -0.144. The molecule has 0 fully saturated rings. The zero-order valence-electron chi connectivity index (χ0n) is 8.05. The summed E-state index contributed by atoms with van der Waals surface area (Å²) >= 11 is 0. The third-order valence-corrected chi connectivity index (χ3v) is 2.16. The lowest BCUT2D eigenvalue weighted by atomic mass is 9.93. The Labute approximate surface area is 86.8 Å². The SMILES string of the molecule is N[C@](CO)(Cc1ccc(O)cc1)C(=O)O. The molecule has 0 heterocycles. The Morgan fingerprint density at radius 2 is 1.87 bits per heavy atom. The standard InChI is InChI=1S/C10H13NO4/c11-10(6-12,9(14)15)5-7-1-3-8(13)4-2-7/h1-4,12-13H,5-6,11H2,(H,14,15)/t10-/m0/s1. The summed E-state index contributed by atoms with van der Waals surface area (Å²) in [5.41, 5.74) is 4.47. The summed E-state index contributed by atoms with van der Waals surface area (Å²) in [5.74, 6) is -1.15. The van der Waals surface area contributed by atoms with E-state index in [9.17, 15) is 4.79 Å². The van der Waals surface area contributed by atoms with Crippen LogP contribution >= 0.6 is 0 Å². The minimum absolute atomic E-state index is 0.0130. The molecule has 0 amide bonds. The summed E-state index contributed by atoms with van der Waals surface area (Å²) in [6.07, 6.45) is 0.0130. The van der Waals surface area contributed by atoms with Gasteiger partial charge in [-0.3, -0.25) is 4.79 Å². The second kappa shape index (κ2) is 4.29. The maximum atomic E-state index is 10.8. The Balaban J connectivity index is 2.84. The van der Waals surface area contributed by atoms with Gasteiger partial charge in [-0.05, 0) is 17.7 Å². The van der Waals surface area contributed by atoms with Gasteiger partial charge in [0.05, 0.1) is 6.61 Å². The minimum Gasteiger partial charge on any atom is -0.508 e. The first-order valence-corrected chi connectivity index (χ1v) is 4.39. The van der Waals surface area contributed by atoms with Crippen LogP contribution in [0.1, 0.15) is 5.56 Å². The maximum Gasteiger partial charge on any atom is 0.326 e. The Kier molecular flexibility index (Phi) is 3.28. The number of hydrogen-bond donors (Lipinski definition) is 4. The van der Waals surface area contributed by atoms with Crippen LogP contribution < -0.4 is 5.73 Å². The highest BCUT2D eigenvalue weighted by Crippen LogP contribution is 2.15. The fraction of sp³-hybridized carbons (Fsp3) is 0.300. The summed E-state index contributed by atoms with van der Waals surface area (Å²) < 4.78 is 0. The van der Waals surface area contributed by atoms with Gasteiger partial charge in [0.15, 0.2) is 0 Å². The summed E-state index contributed by atoms with van der Waals surface area (Å²) in [7, 11) is 0. The number of carboxylic acid groups (broad SMARTS) is 1. The predicted octanol–water partition coefficient (Wildman–Crippen LogP) is -0.291. The summed E-state index contributed by atoms with van der Waals surface area (Å²) in [6, 6.07) is 6.01. The Bertz CT molecular complexity index is 349. The highest BCUT2D eigenvalue weighted by atomic mass is 16.4. The van der Waals surface area contributed by atoms with Crippen molar-refractivity contribution in [2.45, 2.75) is 12.0 Å². The van der Waals surface area contributed by atoms with Gasteiger partial charge in [0.2, 0.25) is 0 Å². The van der Waals surface area contributed by atoms with Gasteiger partial charge in [0.25, 0.3) is 0 Å². The molecule has 1 aromatic carbocycles.